The van der Waals surface area contributed by atoms with Crippen LogP contribution in [0.3, 0.4) is 0 Å². The van der Waals surface area contributed by atoms with E-state index in [0.717, 1.165) is 6.61 Å². The first kappa shape index (κ1) is 19.9. The number of carbonyl (C=O) groups excluding carboxylic acids is 1. The van der Waals surface area contributed by atoms with Crippen molar-refractivity contribution in [3.8, 4) is 0 Å². The van der Waals surface area contributed by atoms with Crippen LogP contribution >= 0.6 is 0 Å². The minimum absolute atomic E-state index is 0.0578. The number of allylic oxidation sites excluding steroid dienone is 4. The van der Waals surface area contributed by atoms with E-state index in [1.54, 1.807) is 12.2 Å². The maximum Gasteiger partial charge on any atom is 0.330 e. The standard InChI is InChI=1S/C18H30O4Si/c1-17(2,3)23(6,7)22-15(18(4)14-21-18)12-10-8-9-11-13-16(19)20-5/h8-13,15H,14H2,1-7H3/b9-8-,12-10+,13-11+/t15-,18-/m1/s1. The highest BCUT2D eigenvalue weighted by atomic mass is 28.4. The van der Waals surface area contributed by atoms with Crippen LogP contribution in [0, 0.1) is 0 Å². The van der Waals surface area contributed by atoms with E-state index in [4.69, 9.17) is 9.16 Å². The van der Waals surface area contributed by atoms with E-state index in [2.05, 4.69) is 45.5 Å². The molecule has 0 N–H and O–H groups in total. The Labute approximate surface area is 141 Å². The normalized spacial score (nSPS) is 23.8. The summed E-state index contributed by atoms with van der Waals surface area (Å²) in [6.07, 6.45) is 10.6. The molecule has 1 fully saturated rings. The Bertz CT molecular complexity index is 494. The highest BCUT2D eigenvalue weighted by Crippen LogP contribution is 2.41. The van der Waals surface area contributed by atoms with Crippen LogP contribution in [0.2, 0.25) is 18.1 Å². The molecule has 0 aromatic heterocycles. The van der Waals surface area contributed by atoms with E-state index in [1.807, 2.05) is 18.2 Å². The zero-order valence-electron chi connectivity index (χ0n) is 15.4. The van der Waals surface area contributed by atoms with Crippen LogP contribution in [0.15, 0.2) is 36.5 Å². The van der Waals surface area contributed by atoms with Gasteiger partial charge in [-0.05, 0) is 25.1 Å². The molecule has 0 radical (unpaired) electrons. The van der Waals surface area contributed by atoms with Crippen molar-refractivity contribution in [1.29, 1.82) is 0 Å². The molecule has 0 unspecified atom stereocenters. The monoisotopic (exact) mass is 338 g/mol. The third-order valence-electron chi connectivity index (χ3n) is 4.48. The molecule has 0 amide bonds. The van der Waals surface area contributed by atoms with E-state index in [9.17, 15) is 4.79 Å². The fourth-order valence-corrected chi connectivity index (χ4v) is 2.95. The number of hydrogen-bond donors (Lipinski definition) is 0. The second kappa shape index (κ2) is 7.60. The van der Waals surface area contributed by atoms with Crippen molar-refractivity contribution < 1.29 is 18.7 Å². The molecule has 1 heterocycles. The first-order chi connectivity index (χ1) is 10.5. The molecule has 1 aliphatic heterocycles. The molecule has 0 aromatic rings. The number of carbonyl (C=O) groups is 1. The molecule has 0 bridgehead atoms. The Morgan fingerprint density at radius 1 is 1.22 bits per heavy atom. The van der Waals surface area contributed by atoms with Crippen molar-refractivity contribution in [2.75, 3.05) is 13.7 Å². The van der Waals surface area contributed by atoms with Gasteiger partial charge >= 0.3 is 5.97 Å². The first-order valence-electron chi connectivity index (χ1n) is 7.93. The van der Waals surface area contributed by atoms with Crippen LogP contribution in [-0.4, -0.2) is 39.7 Å². The number of hydrogen-bond acceptors (Lipinski definition) is 4. The minimum Gasteiger partial charge on any atom is -0.466 e. The quantitative estimate of drug-likeness (QED) is 0.231. The number of methoxy groups -OCH3 is 1. The lowest BCUT2D eigenvalue weighted by Crippen LogP contribution is -2.47. The zero-order valence-corrected chi connectivity index (χ0v) is 16.4. The van der Waals surface area contributed by atoms with Gasteiger partial charge < -0.3 is 13.9 Å². The molecule has 1 saturated heterocycles. The maximum absolute atomic E-state index is 11.0. The van der Waals surface area contributed by atoms with E-state index in [0.29, 0.717) is 0 Å². The Hall–Kier alpha value is -1.17. The summed E-state index contributed by atoms with van der Waals surface area (Å²) in [5, 5.41) is 0.156. The van der Waals surface area contributed by atoms with Crippen molar-refractivity contribution in [2.24, 2.45) is 0 Å². The van der Waals surface area contributed by atoms with Gasteiger partial charge in [0, 0.05) is 6.08 Å². The Morgan fingerprint density at radius 2 is 1.78 bits per heavy atom. The molecule has 2 atom stereocenters. The molecule has 23 heavy (non-hydrogen) atoms. The van der Waals surface area contributed by atoms with Crippen molar-refractivity contribution in [1.82, 2.24) is 0 Å². The molecule has 4 nitrogen and oxygen atoms in total. The van der Waals surface area contributed by atoms with Gasteiger partial charge in [-0.15, -0.1) is 0 Å². The molecule has 0 aliphatic carbocycles. The minimum atomic E-state index is -1.86. The molecule has 0 aromatic carbocycles. The van der Waals surface area contributed by atoms with Crippen molar-refractivity contribution in [2.45, 2.75) is 57.5 Å². The zero-order chi connectivity index (χ0) is 17.7. The Kier molecular flexibility index (Phi) is 6.56. The first-order valence-corrected chi connectivity index (χ1v) is 10.8. The molecule has 5 heteroatoms. The number of ether oxygens (including phenoxy) is 2. The summed E-state index contributed by atoms with van der Waals surface area (Å²) in [4.78, 5) is 11.0. The summed E-state index contributed by atoms with van der Waals surface area (Å²) in [6.45, 7) is 14.0. The van der Waals surface area contributed by atoms with Crippen LogP contribution in [0.25, 0.3) is 0 Å². The van der Waals surface area contributed by atoms with E-state index in [1.165, 1.54) is 13.2 Å². The van der Waals surface area contributed by atoms with Gasteiger partial charge in [0.25, 0.3) is 0 Å². The topological polar surface area (TPSA) is 48.1 Å². The van der Waals surface area contributed by atoms with Crippen molar-refractivity contribution >= 4 is 14.3 Å². The Balaban J connectivity index is 2.70. The summed E-state index contributed by atoms with van der Waals surface area (Å²) in [5.74, 6) is -0.364. The van der Waals surface area contributed by atoms with Gasteiger partial charge in [-0.3, -0.25) is 0 Å². The number of rotatable bonds is 7. The SMILES string of the molecule is COC(=O)/C=C/C=C\C=C\[C@@H](O[Si](C)(C)C(C)(C)C)[C@@]1(C)CO1. The molecular formula is C18H30O4Si. The third-order valence-corrected chi connectivity index (χ3v) is 8.94. The molecule has 1 aliphatic rings. The van der Waals surface area contributed by atoms with Crippen molar-refractivity contribution in [3.63, 3.8) is 0 Å². The average Bonchev–Trinajstić information content (AvgIpc) is 3.18. The molecule has 0 spiro atoms. The van der Waals surface area contributed by atoms with Gasteiger partial charge in [-0.1, -0.05) is 51.2 Å². The number of esters is 1. The van der Waals surface area contributed by atoms with Gasteiger partial charge in [-0.25, -0.2) is 4.79 Å². The smallest absolute Gasteiger partial charge is 0.330 e. The summed E-state index contributed by atoms with van der Waals surface area (Å²) < 4.78 is 16.6. The predicted octanol–water partition coefficient (Wildman–Crippen LogP) is 4.01. The second-order valence-corrected chi connectivity index (χ2v) is 12.3. The Morgan fingerprint density at radius 3 is 2.26 bits per heavy atom. The van der Waals surface area contributed by atoms with Crippen molar-refractivity contribution in [3.05, 3.63) is 36.5 Å². The lowest BCUT2D eigenvalue weighted by molar-refractivity contribution is -0.134. The van der Waals surface area contributed by atoms with E-state index < -0.39 is 8.32 Å². The van der Waals surface area contributed by atoms with E-state index in [-0.39, 0.29) is 22.7 Å². The van der Waals surface area contributed by atoms with Gasteiger partial charge in [0.05, 0.1) is 19.8 Å². The molecule has 130 valence electrons. The lowest BCUT2D eigenvalue weighted by Gasteiger charge is -2.39. The van der Waals surface area contributed by atoms with Crippen LogP contribution in [0.1, 0.15) is 27.7 Å². The predicted molar refractivity (Wildman–Crippen MR) is 95.9 cm³/mol. The second-order valence-electron chi connectivity index (χ2n) is 7.55. The fraction of sp³-hybridized carbons (Fsp3) is 0.611. The largest absolute Gasteiger partial charge is 0.466 e. The van der Waals surface area contributed by atoms with Gasteiger partial charge in [0.1, 0.15) is 5.60 Å². The van der Waals surface area contributed by atoms with Crippen LogP contribution in [0.4, 0.5) is 0 Å². The lowest BCUT2D eigenvalue weighted by atomic mass is 10.1. The number of epoxide rings is 1. The van der Waals surface area contributed by atoms with Crippen LogP contribution in [0.5, 0.6) is 0 Å². The van der Waals surface area contributed by atoms with Crippen LogP contribution < -0.4 is 0 Å². The summed E-state index contributed by atoms with van der Waals surface area (Å²) in [6, 6.07) is 0. The van der Waals surface area contributed by atoms with Crippen LogP contribution in [-0.2, 0) is 18.7 Å². The molecule has 1 rings (SSSR count). The van der Waals surface area contributed by atoms with Gasteiger partial charge in [0.15, 0.2) is 8.32 Å². The summed E-state index contributed by atoms with van der Waals surface area (Å²) in [5.41, 5.74) is -0.221. The maximum atomic E-state index is 11.0. The summed E-state index contributed by atoms with van der Waals surface area (Å²) in [7, 11) is -0.507. The average molecular weight is 339 g/mol. The van der Waals surface area contributed by atoms with Gasteiger partial charge in [-0.2, -0.15) is 0 Å². The molecular weight excluding hydrogens is 308 g/mol. The highest BCUT2D eigenvalue weighted by molar-refractivity contribution is 6.74. The summed E-state index contributed by atoms with van der Waals surface area (Å²) >= 11 is 0. The van der Waals surface area contributed by atoms with Gasteiger partial charge in [0.2, 0.25) is 0 Å². The van der Waals surface area contributed by atoms with E-state index >= 15 is 0 Å². The fourth-order valence-electron chi connectivity index (χ4n) is 1.64. The molecule has 0 saturated carbocycles. The highest BCUT2D eigenvalue weighted by Gasteiger charge is 2.50. The third kappa shape index (κ3) is 6.09.